The lowest BCUT2D eigenvalue weighted by Gasteiger charge is -2.35. The van der Waals surface area contributed by atoms with E-state index in [0.717, 1.165) is 30.4 Å². The maximum absolute atomic E-state index is 12.4. The highest BCUT2D eigenvalue weighted by molar-refractivity contribution is 5.80. The summed E-state index contributed by atoms with van der Waals surface area (Å²) in [5.74, 6) is -0.785. The van der Waals surface area contributed by atoms with E-state index in [0.29, 0.717) is 13.0 Å². The number of hydrogen-bond donors (Lipinski definition) is 1. The van der Waals surface area contributed by atoms with E-state index in [9.17, 15) is 9.59 Å². The summed E-state index contributed by atoms with van der Waals surface area (Å²) < 4.78 is 0. The molecule has 0 bridgehead atoms. The van der Waals surface area contributed by atoms with Crippen LogP contribution in [0.4, 0.5) is 0 Å². The number of benzene rings is 1. The van der Waals surface area contributed by atoms with E-state index in [-0.39, 0.29) is 18.4 Å². The molecule has 1 aliphatic heterocycles. The van der Waals surface area contributed by atoms with Crippen molar-refractivity contribution < 1.29 is 14.7 Å². The third-order valence-electron chi connectivity index (χ3n) is 3.80. The minimum absolute atomic E-state index is 0.0431. The van der Waals surface area contributed by atoms with Crippen LogP contribution in [0.25, 0.3) is 0 Å². The summed E-state index contributed by atoms with van der Waals surface area (Å²) in [5.41, 5.74) is 2.13. The van der Waals surface area contributed by atoms with Crippen molar-refractivity contribution in [2.45, 2.75) is 45.1 Å². The second-order valence-corrected chi connectivity index (χ2v) is 5.50. The molecule has 20 heavy (non-hydrogen) atoms. The van der Waals surface area contributed by atoms with Crippen molar-refractivity contribution in [3.05, 3.63) is 35.4 Å². The highest BCUT2D eigenvalue weighted by Gasteiger charge is 2.28. The van der Waals surface area contributed by atoms with Gasteiger partial charge in [0, 0.05) is 12.6 Å². The highest BCUT2D eigenvalue weighted by atomic mass is 16.4. The molecule has 1 fully saturated rings. The fraction of sp³-hybridized carbons (Fsp3) is 0.500. The molecule has 4 heteroatoms. The lowest BCUT2D eigenvalue weighted by molar-refractivity contribution is -0.141. The van der Waals surface area contributed by atoms with Crippen molar-refractivity contribution in [1.82, 2.24) is 4.90 Å². The number of carboxylic acids is 1. The zero-order valence-electron chi connectivity index (χ0n) is 11.8. The quantitative estimate of drug-likeness (QED) is 0.918. The van der Waals surface area contributed by atoms with Gasteiger partial charge >= 0.3 is 5.97 Å². The molecule has 108 valence electrons. The van der Waals surface area contributed by atoms with Crippen LogP contribution in [0.1, 0.15) is 36.8 Å². The fourth-order valence-electron chi connectivity index (χ4n) is 2.84. The summed E-state index contributed by atoms with van der Waals surface area (Å²) in [4.78, 5) is 25.1. The number of rotatable bonds is 4. The maximum Gasteiger partial charge on any atom is 0.305 e. The number of carbonyl (C=O) groups excluding carboxylic acids is 1. The molecule has 1 saturated heterocycles. The van der Waals surface area contributed by atoms with E-state index >= 15 is 0 Å². The van der Waals surface area contributed by atoms with Crippen LogP contribution in [0.2, 0.25) is 0 Å². The standard InChI is InChI=1S/C16H21NO3/c1-12-5-4-6-13(9-12)10-15(18)17-8-3-2-7-14(17)11-16(19)20/h4-6,9,14H,2-3,7-8,10-11H2,1H3,(H,19,20). The van der Waals surface area contributed by atoms with Gasteiger partial charge in [0.2, 0.25) is 5.91 Å². The second kappa shape index (κ2) is 6.55. The Labute approximate surface area is 119 Å². The third-order valence-corrected chi connectivity index (χ3v) is 3.80. The molecular formula is C16H21NO3. The van der Waals surface area contributed by atoms with Gasteiger partial charge < -0.3 is 10.0 Å². The number of likely N-dealkylation sites (tertiary alicyclic amines) is 1. The average molecular weight is 275 g/mol. The Morgan fingerprint density at radius 3 is 2.85 bits per heavy atom. The van der Waals surface area contributed by atoms with Gasteiger partial charge in [0.15, 0.2) is 0 Å². The van der Waals surface area contributed by atoms with E-state index in [2.05, 4.69) is 0 Å². The van der Waals surface area contributed by atoms with E-state index in [4.69, 9.17) is 5.11 Å². The van der Waals surface area contributed by atoms with Crippen LogP contribution in [-0.2, 0) is 16.0 Å². The molecule has 0 saturated carbocycles. The number of piperidine rings is 1. The summed E-state index contributed by atoms with van der Waals surface area (Å²) in [6, 6.07) is 7.76. The van der Waals surface area contributed by atoms with Crippen LogP contribution < -0.4 is 0 Å². The number of carboxylic acid groups (broad SMARTS) is 1. The zero-order chi connectivity index (χ0) is 14.5. The van der Waals surface area contributed by atoms with Gasteiger partial charge in [-0.3, -0.25) is 9.59 Å². The molecule has 0 aliphatic carbocycles. The summed E-state index contributed by atoms with van der Waals surface area (Å²) in [5, 5.41) is 8.95. The zero-order valence-corrected chi connectivity index (χ0v) is 11.8. The van der Waals surface area contributed by atoms with Crippen LogP contribution in [0, 0.1) is 6.92 Å². The summed E-state index contributed by atoms with van der Waals surface area (Å²) in [7, 11) is 0. The van der Waals surface area contributed by atoms with Gasteiger partial charge in [-0.1, -0.05) is 29.8 Å². The van der Waals surface area contributed by atoms with Crippen molar-refractivity contribution in [3.8, 4) is 0 Å². The second-order valence-electron chi connectivity index (χ2n) is 5.50. The van der Waals surface area contributed by atoms with Crippen LogP contribution in [0.5, 0.6) is 0 Å². The third kappa shape index (κ3) is 3.83. The fourth-order valence-corrected chi connectivity index (χ4v) is 2.84. The first-order valence-corrected chi connectivity index (χ1v) is 7.13. The Balaban J connectivity index is 2.04. The Morgan fingerprint density at radius 2 is 2.15 bits per heavy atom. The summed E-state index contributed by atoms with van der Waals surface area (Å²) in [6.45, 7) is 2.69. The van der Waals surface area contributed by atoms with Gasteiger partial charge in [-0.25, -0.2) is 0 Å². The van der Waals surface area contributed by atoms with Crippen LogP contribution >= 0.6 is 0 Å². The first-order valence-electron chi connectivity index (χ1n) is 7.13. The van der Waals surface area contributed by atoms with Gasteiger partial charge in [-0.15, -0.1) is 0 Å². The molecule has 1 heterocycles. The summed E-state index contributed by atoms with van der Waals surface area (Å²) >= 11 is 0. The van der Waals surface area contributed by atoms with E-state index in [1.165, 1.54) is 0 Å². The molecule has 1 amide bonds. The number of aliphatic carboxylic acids is 1. The molecule has 1 aliphatic rings. The first kappa shape index (κ1) is 14.6. The Kier molecular flexibility index (Phi) is 4.77. The molecule has 4 nitrogen and oxygen atoms in total. The van der Waals surface area contributed by atoms with Crippen LogP contribution in [0.15, 0.2) is 24.3 Å². The first-order chi connectivity index (χ1) is 9.56. The number of carbonyl (C=O) groups is 2. The Bertz CT molecular complexity index is 498. The SMILES string of the molecule is Cc1cccc(CC(=O)N2CCCCC2CC(=O)O)c1. The largest absolute Gasteiger partial charge is 0.481 e. The molecule has 1 unspecified atom stereocenters. The summed E-state index contributed by atoms with van der Waals surface area (Å²) in [6.07, 6.45) is 3.19. The van der Waals surface area contributed by atoms with Crippen molar-refractivity contribution in [1.29, 1.82) is 0 Å². The van der Waals surface area contributed by atoms with Gasteiger partial charge in [-0.2, -0.15) is 0 Å². The number of aryl methyl sites for hydroxylation is 1. The number of hydrogen-bond acceptors (Lipinski definition) is 2. The van der Waals surface area contributed by atoms with Gasteiger partial charge in [-0.05, 0) is 31.7 Å². The molecule has 1 aromatic carbocycles. The van der Waals surface area contributed by atoms with E-state index < -0.39 is 5.97 Å². The monoisotopic (exact) mass is 275 g/mol. The molecule has 1 atom stereocenters. The topological polar surface area (TPSA) is 57.6 Å². The van der Waals surface area contributed by atoms with Crippen LogP contribution in [0.3, 0.4) is 0 Å². The van der Waals surface area contributed by atoms with Crippen molar-refractivity contribution in [2.75, 3.05) is 6.54 Å². The molecule has 0 radical (unpaired) electrons. The predicted octanol–water partition coefficient (Wildman–Crippen LogP) is 2.39. The minimum Gasteiger partial charge on any atom is -0.481 e. The van der Waals surface area contributed by atoms with E-state index in [1.54, 1.807) is 4.90 Å². The number of amides is 1. The predicted molar refractivity (Wildman–Crippen MR) is 76.5 cm³/mol. The van der Waals surface area contributed by atoms with Gasteiger partial charge in [0.05, 0.1) is 12.8 Å². The maximum atomic E-state index is 12.4. The normalized spacial score (nSPS) is 18.9. The molecular weight excluding hydrogens is 254 g/mol. The van der Waals surface area contributed by atoms with Crippen molar-refractivity contribution in [3.63, 3.8) is 0 Å². The smallest absolute Gasteiger partial charge is 0.305 e. The molecule has 1 N–H and O–H groups in total. The van der Waals surface area contributed by atoms with Gasteiger partial charge in [0.1, 0.15) is 0 Å². The Hall–Kier alpha value is -1.84. The molecule has 0 aromatic heterocycles. The average Bonchev–Trinajstić information content (AvgIpc) is 2.38. The number of nitrogens with zero attached hydrogens (tertiary/aromatic N) is 1. The van der Waals surface area contributed by atoms with Crippen molar-refractivity contribution >= 4 is 11.9 Å². The van der Waals surface area contributed by atoms with Crippen LogP contribution in [-0.4, -0.2) is 34.5 Å². The van der Waals surface area contributed by atoms with Gasteiger partial charge in [0.25, 0.3) is 0 Å². The van der Waals surface area contributed by atoms with Crippen molar-refractivity contribution in [2.24, 2.45) is 0 Å². The lowest BCUT2D eigenvalue weighted by atomic mass is 9.98. The minimum atomic E-state index is -0.828. The van der Waals surface area contributed by atoms with E-state index in [1.807, 2.05) is 31.2 Å². The molecule has 0 spiro atoms. The molecule has 2 rings (SSSR count). The Morgan fingerprint density at radius 1 is 1.35 bits per heavy atom. The molecule has 1 aromatic rings. The highest BCUT2D eigenvalue weighted by Crippen LogP contribution is 2.21. The lowest BCUT2D eigenvalue weighted by Crippen LogP contribution is -2.45.